The van der Waals surface area contributed by atoms with Crippen LogP contribution in [0.4, 0.5) is 4.39 Å². The van der Waals surface area contributed by atoms with Gasteiger partial charge in [-0.1, -0.05) is 18.6 Å². The molecule has 1 aromatic carbocycles. The third kappa shape index (κ3) is 4.05. The van der Waals surface area contributed by atoms with Crippen LogP contribution in [-0.2, 0) is 11.3 Å². The van der Waals surface area contributed by atoms with E-state index in [2.05, 4.69) is 9.80 Å². The van der Waals surface area contributed by atoms with Crippen molar-refractivity contribution in [3.05, 3.63) is 35.6 Å². The lowest BCUT2D eigenvalue weighted by atomic mass is 9.86. The maximum atomic E-state index is 13.0. The molecular formula is C21H29FN2O. The Bertz CT molecular complexity index is 602. The third-order valence-corrected chi connectivity index (χ3v) is 6.58. The van der Waals surface area contributed by atoms with Crippen molar-refractivity contribution in [3.8, 4) is 0 Å². The van der Waals surface area contributed by atoms with Crippen LogP contribution in [0.1, 0.15) is 44.1 Å². The zero-order valence-corrected chi connectivity index (χ0v) is 15.0. The first-order chi connectivity index (χ1) is 12.2. The third-order valence-electron chi connectivity index (χ3n) is 6.58. The monoisotopic (exact) mass is 344 g/mol. The van der Waals surface area contributed by atoms with Gasteiger partial charge in [0.25, 0.3) is 0 Å². The van der Waals surface area contributed by atoms with Crippen LogP contribution >= 0.6 is 0 Å². The smallest absolute Gasteiger partial charge is 0.222 e. The molecule has 2 saturated carbocycles. The maximum Gasteiger partial charge on any atom is 0.222 e. The minimum Gasteiger partial charge on any atom is -0.341 e. The van der Waals surface area contributed by atoms with Crippen LogP contribution in [0.2, 0.25) is 0 Å². The summed E-state index contributed by atoms with van der Waals surface area (Å²) in [6.45, 7) is 4.49. The molecule has 1 amide bonds. The Morgan fingerprint density at radius 1 is 1.04 bits per heavy atom. The average molecular weight is 344 g/mol. The molecule has 0 aromatic heterocycles. The molecule has 3 fully saturated rings. The number of amides is 1. The quantitative estimate of drug-likeness (QED) is 0.832. The van der Waals surface area contributed by atoms with E-state index in [0.717, 1.165) is 63.0 Å². The maximum absolute atomic E-state index is 13.0. The molecule has 1 saturated heterocycles. The van der Waals surface area contributed by atoms with Crippen molar-refractivity contribution >= 4 is 5.91 Å². The van der Waals surface area contributed by atoms with E-state index in [9.17, 15) is 9.18 Å². The normalized spacial score (nSPS) is 29.8. The van der Waals surface area contributed by atoms with Gasteiger partial charge in [0.1, 0.15) is 5.82 Å². The van der Waals surface area contributed by atoms with E-state index in [0.29, 0.717) is 11.8 Å². The highest BCUT2D eigenvalue weighted by molar-refractivity contribution is 5.76. The van der Waals surface area contributed by atoms with Crippen molar-refractivity contribution in [1.82, 2.24) is 9.80 Å². The van der Waals surface area contributed by atoms with Crippen molar-refractivity contribution in [1.29, 1.82) is 0 Å². The van der Waals surface area contributed by atoms with Gasteiger partial charge in [-0.2, -0.15) is 0 Å². The number of carbonyl (C=O) groups is 1. The van der Waals surface area contributed by atoms with Crippen molar-refractivity contribution in [2.75, 3.05) is 26.2 Å². The highest BCUT2D eigenvalue weighted by atomic mass is 19.1. The number of benzene rings is 1. The Kier molecular flexibility index (Phi) is 5.07. The second-order valence-corrected chi connectivity index (χ2v) is 8.28. The summed E-state index contributed by atoms with van der Waals surface area (Å²) in [6.07, 6.45) is 7.23. The van der Waals surface area contributed by atoms with Crippen LogP contribution in [-0.4, -0.2) is 41.9 Å². The molecule has 2 aliphatic carbocycles. The van der Waals surface area contributed by atoms with Gasteiger partial charge in [-0.3, -0.25) is 9.69 Å². The molecule has 0 N–H and O–H groups in total. The number of rotatable bonds is 4. The summed E-state index contributed by atoms with van der Waals surface area (Å²) in [5.74, 6) is 2.59. The Hall–Kier alpha value is -1.42. The van der Waals surface area contributed by atoms with Gasteiger partial charge in [0.2, 0.25) is 5.91 Å². The Morgan fingerprint density at radius 3 is 2.60 bits per heavy atom. The topological polar surface area (TPSA) is 23.6 Å². The summed E-state index contributed by atoms with van der Waals surface area (Å²) in [6, 6.07) is 6.77. The Labute approximate surface area is 150 Å². The minimum atomic E-state index is -0.183. The zero-order valence-electron chi connectivity index (χ0n) is 15.0. The fourth-order valence-corrected chi connectivity index (χ4v) is 5.21. The van der Waals surface area contributed by atoms with Gasteiger partial charge in [0.05, 0.1) is 0 Å². The van der Waals surface area contributed by atoms with E-state index in [-0.39, 0.29) is 5.82 Å². The van der Waals surface area contributed by atoms with Crippen molar-refractivity contribution in [2.45, 2.75) is 45.1 Å². The van der Waals surface area contributed by atoms with Crippen molar-refractivity contribution in [3.63, 3.8) is 0 Å². The van der Waals surface area contributed by atoms with Gasteiger partial charge in [-0.25, -0.2) is 4.39 Å². The molecule has 25 heavy (non-hydrogen) atoms. The second-order valence-electron chi connectivity index (χ2n) is 8.28. The highest BCUT2D eigenvalue weighted by Gasteiger charge is 2.40. The van der Waals surface area contributed by atoms with Crippen LogP contribution in [0.25, 0.3) is 0 Å². The van der Waals surface area contributed by atoms with Gasteiger partial charge in [0.15, 0.2) is 0 Å². The van der Waals surface area contributed by atoms with Gasteiger partial charge >= 0.3 is 0 Å². The number of carbonyl (C=O) groups excluding carboxylic acids is 1. The molecule has 0 radical (unpaired) electrons. The SMILES string of the molecule is O=C(CC1CC2CCC1C2)N1CCCN(Cc2ccc(F)cc2)CC1. The number of nitrogens with zero attached hydrogens (tertiary/aromatic N) is 2. The van der Waals surface area contributed by atoms with Crippen LogP contribution in [0.5, 0.6) is 0 Å². The number of halogens is 1. The summed E-state index contributed by atoms with van der Waals surface area (Å²) in [4.78, 5) is 17.2. The lowest BCUT2D eigenvalue weighted by Crippen LogP contribution is -2.36. The van der Waals surface area contributed by atoms with Gasteiger partial charge in [-0.15, -0.1) is 0 Å². The van der Waals surface area contributed by atoms with Crippen LogP contribution < -0.4 is 0 Å². The second kappa shape index (κ2) is 7.45. The molecule has 0 spiro atoms. The van der Waals surface area contributed by atoms with E-state index in [1.165, 1.54) is 37.8 Å². The van der Waals surface area contributed by atoms with Crippen LogP contribution in [0.15, 0.2) is 24.3 Å². The molecule has 3 unspecified atom stereocenters. The number of fused-ring (bicyclic) bond motifs is 2. The summed E-state index contributed by atoms with van der Waals surface area (Å²) in [7, 11) is 0. The first-order valence-electron chi connectivity index (χ1n) is 9.92. The van der Waals surface area contributed by atoms with E-state index in [1.54, 1.807) is 0 Å². The molecular weight excluding hydrogens is 315 g/mol. The zero-order chi connectivity index (χ0) is 17.2. The number of hydrogen-bond donors (Lipinski definition) is 0. The van der Waals surface area contributed by atoms with Crippen LogP contribution in [0.3, 0.4) is 0 Å². The summed E-state index contributed by atoms with van der Waals surface area (Å²) >= 11 is 0. The molecule has 4 rings (SSSR count). The Morgan fingerprint density at radius 2 is 1.88 bits per heavy atom. The molecule has 3 atom stereocenters. The van der Waals surface area contributed by atoms with Gasteiger partial charge in [0, 0.05) is 39.1 Å². The molecule has 1 heterocycles. The lowest BCUT2D eigenvalue weighted by molar-refractivity contribution is -0.132. The molecule has 136 valence electrons. The van der Waals surface area contributed by atoms with E-state index >= 15 is 0 Å². The number of hydrogen-bond acceptors (Lipinski definition) is 2. The van der Waals surface area contributed by atoms with E-state index in [1.807, 2.05) is 12.1 Å². The largest absolute Gasteiger partial charge is 0.341 e. The first kappa shape index (κ1) is 17.0. The first-order valence-corrected chi connectivity index (χ1v) is 9.92. The van der Waals surface area contributed by atoms with E-state index < -0.39 is 0 Å². The van der Waals surface area contributed by atoms with Gasteiger partial charge < -0.3 is 4.90 Å². The minimum absolute atomic E-state index is 0.183. The fourth-order valence-electron chi connectivity index (χ4n) is 5.21. The standard InChI is InChI=1S/C21H29FN2O/c22-20-6-3-16(4-7-20)15-23-8-1-9-24(11-10-23)21(25)14-19-13-17-2-5-18(19)12-17/h3-4,6-7,17-19H,1-2,5,8-15H2. The van der Waals surface area contributed by atoms with Crippen molar-refractivity contribution < 1.29 is 9.18 Å². The molecule has 1 aromatic rings. The van der Waals surface area contributed by atoms with Crippen LogP contribution in [0, 0.1) is 23.6 Å². The summed E-state index contributed by atoms with van der Waals surface area (Å²) < 4.78 is 13.0. The lowest BCUT2D eigenvalue weighted by Gasteiger charge is -2.26. The average Bonchev–Trinajstić information content (AvgIpc) is 3.14. The van der Waals surface area contributed by atoms with E-state index in [4.69, 9.17) is 0 Å². The fraction of sp³-hybridized carbons (Fsp3) is 0.667. The predicted octanol–water partition coefficient (Wildman–Crippen LogP) is 3.69. The molecule has 3 aliphatic rings. The summed E-state index contributed by atoms with van der Waals surface area (Å²) in [5, 5.41) is 0. The predicted molar refractivity (Wildman–Crippen MR) is 96.4 cm³/mol. The molecule has 1 aliphatic heterocycles. The van der Waals surface area contributed by atoms with Crippen molar-refractivity contribution in [2.24, 2.45) is 17.8 Å². The molecule has 3 nitrogen and oxygen atoms in total. The van der Waals surface area contributed by atoms with Gasteiger partial charge in [-0.05, 0) is 61.1 Å². The highest BCUT2D eigenvalue weighted by Crippen LogP contribution is 2.49. The Balaban J connectivity index is 1.27. The summed E-state index contributed by atoms with van der Waals surface area (Å²) in [5.41, 5.74) is 1.14. The molecule has 4 heteroatoms. The molecule has 2 bridgehead atoms.